The van der Waals surface area contributed by atoms with Crippen molar-refractivity contribution in [2.75, 3.05) is 13.1 Å². The first-order valence-electron chi connectivity index (χ1n) is 9.97. The fraction of sp³-hybridized carbons (Fsp3) is 0.500. The van der Waals surface area contributed by atoms with Crippen molar-refractivity contribution in [3.63, 3.8) is 0 Å². The highest BCUT2D eigenvalue weighted by molar-refractivity contribution is 8.04. The lowest BCUT2D eigenvalue weighted by Gasteiger charge is -2.46. The van der Waals surface area contributed by atoms with Gasteiger partial charge in [0.25, 0.3) is 10.2 Å². The normalized spacial score (nSPS) is 27.6. The van der Waals surface area contributed by atoms with E-state index in [2.05, 4.69) is 0 Å². The molecule has 0 radical (unpaired) electrons. The number of hydrogen-bond donors (Lipinski definition) is 2. The van der Waals surface area contributed by atoms with Crippen molar-refractivity contribution in [1.82, 2.24) is 9.21 Å². The van der Waals surface area contributed by atoms with Crippen LogP contribution in [0.1, 0.15) is 19.4 Å². The minimum Gasteiger partial charge on any atom is -0.422 e. The number of aliphatic hydroxyl groups is 1. The average molecular weight is 468 g/mol. The number of ether oxygens (including phenoxy) is 1. The lowest BCUT2D eigenvalue weighted by atomic mass is 9.79. The predicted molar refractivity (Wildman–Crippen MR) is 115 cm³/mol. The van der Waals surface area contributed by atoms with Crippen LogP contribution in [0.25, 0.3) is 0 Å². The summed E-state index contributed by atoms with van der Waals surface area (Å²) in [5.74, 6) is -1.35. The third kappa shape index (κ3) is 3.89. The molecule has 0 aromatic heterocycles. The van der Waals surface area contributed by atoms with Crippen molar-refractivity contribution in [1.29, 1.82) is 0 Å². The van der Waals surface area contributed by atoms with E-state index in [9.17, 15) is 23.1 Å². The minimum atomic E-state index is -3.74. The largest absolute Gasteiger partial charge is 0.422 e. The van der Waals surface area contributed by atoms with Crippen LogP contribution >= 0.6 is 11.8 Å². The third-order valence-corrected chi connectivity index (χ3v) is 8.47. The molecule has 11 heteroatoms. The zero-order valence-corrected chi connectivity index (χ0v) is 19.0. The van der Waals surface area contributed by atoms with Crippen LogP contribution in [0.15, 0.2) is 34.9 Å². The lowest BCUT2D eigenvalue weighted by Crippen LogP contribution is -2.63. The highest BCUT2D eigenvalue weighted by Gasteiger charge is 2.60. The summed E-state index contributed by atoms with van der Waals surface area (Å²) in [6.45, 7) is 5.86. The van der Waals surface area contributed by atoms with Crippen LogP contribution in [0.3, 0.4) is 0 Å². The van der Waals surface area contributed by atoms with Crippen molar-refractivity contribution >= 4 is 33.8 Å². The van der Waals surface area contributed by atoms with E-state index in [-0.39, 0.29) is 41.9 Å². The van der Waals surface area contributed by atoms with E-state index in [1.807, 2.05) is 26.0 Å². The van der Waals surface area contributed by atoms with Crippen molar-refractivity contribution < 1.29 is 27.9 Å². The Labute approximate surface area is 185 Å². The number of aliphatic hydroxyl groups excluding tert-OH is 1. The van der Waals surface area contributed by atoms with Gasteiger partial charge in [-0.05, 0) is 26.0 Å². The standard InChI is InChI=1S/C20H25N3O6S2/c1-10-4-6-13(7-5-10)29-20(26)17-18(30-14-8-22(9-14)31(21,27)28)11(2)16-15(12(3)24)19(25)23(16)17/h4-7,11-12,14-16,24H,8-9H2,1-3H3,(H2,21,27,28). The number of β-lactam (4-membered cyclic amide) rings is 1. The van der Waals surface area contributed by atoms with Gasteiger partial charge in [0.15, 0.2) is 0 Å². The number of benzene rings is 1. The maximum absolute atomic E-state index is 13.1. The molecule has 0 aliphatic carbocycles. The predicted octanol–water partition coefficient (Wildman–Crippen LogP) is 0.590. The summed E-state index contributed by atoms with van der Waals surface area (Å²) in [4.78, 5) is 28.0. The highest BCUT2D eigenvalue weighted by Crippen LogP contribution is 2.52. The monoisotopic (exact) mass is 467 g/mol. The van der Waals surface area contributed by atoms with Gasteiger partial charge in [0.05, 0.1) is 18.1 Å². The molecule has 0 saturated carbocycles. The molecule has 168 valence electrons. The molecule has 3 heterocycles. The number of carbonyl (C=O) groups excluding carboxylic acids is 2. The fourth-order valence-electron chi connectivity index (χ4n) is 4.29. The zero-order valence-electron chi connectivity index (χ0n) is 17.4. The van der Waals surface area contributed by atoms with Gasteiger partial charge in [0.2, 0.25) is 5.91 Å². The summed E-state index contributed by atoms with van der Waals surface area (Å²) in [6, 6.07) is 6.68. The Kier molecular flexibility index (Phi) is 5.67. The van der Waals surface area contributed by atoms with E-state index in [1.54, 1.807) is 19.1 Å². The van der Waals surface area contributed by atoms with Gasteiger partial charge in [-0.1, -0.05) is 24.6 Å². The number of hydrogen-bond acceptors (Lipinski definition) is 7. The molecule has 0 bridgehead atoms. The molecule has 2 saturated heterocycles. The maximum Gasteiger partial charge on any atom is 0.361 e. The van der Waals surface area contributed by atoms with Crippen LogP contribution < -0.4 is 9.88 Å². The first kappa shape index (κ1) is 22.3. The Morgan fingerprint density at radius 3 is 2.45 bits per heavy atom. The summed E-state index contributed by atoms with van der Waals surface area (Å²) in [5.41, 5.74) is 1.20. The molecule has 1 amide bonds. The second-order valence-electron chi connectivity index (χ2n) is 8.27. The van der Waals surface area contributed by atoms with Crippen molar-refractivity contribution in [3.8, 4) is 5.75 Å². The topological polar surface area (TPSA) is 130 Å². The van der Waals surface area contributed by atoms with Gasteiger partial charge < -0.3 is 14.7 Å². The van der Waals surface area contributed by atoms with E-state index in [0.717, 1.165) is 9.87 Å². The third-order valence-electron chi connectivity index (χ3n) is 6.00. The van der Waals surface area contributed by atoms with Crippen LogP contribution in [0, 0.1) is 18.8 Å². The van der Waals surface area contributed by atoms with Gasteiger partial charge in [0.1, 0.15) is 11.4 Å². The molecule has 4 atom stereocenters. The smallest absolute Gasteiger partial charge is 0.361 e. The van der Waals surface area contributed by atoms with Gasteiger partial charge in [0, 0.05) is 29.2 Å². The molecule has 4 unspecified atom stereocenters. The second-order valence-corrected chi connectivity index (χ2v) is 11.2. The van der Waals surface area contributed by atoms with E-state index in [1.165, 1.54) is 16.7 Å². The molecule has 3 aliphatic rings. The van der Waals surface area contributed by atoms with Crippen LogP contribution in [0.2, 0.25) is 0 Å². The molecular weight excluding hydrogens is 442 g/mol. The lowest BCUT2D eigenvalue weighted by molar-refractivity contribution is -0.162. The molecule has 9 nitrogen and oxygen atoms in total. The number of nitrogens with two attached hydrogens (primary N) is 1. The summed E-state index contributed by atoms with van der Waals surface area (Å²) in [7, 11) is -3.74. The van der Waals surface area contributed by atoms with Crippen molar-refractivity contribution in [3.05, 3.63) is 40.4 Å². The summed E-state index contributed by atoms with van der Waals surface area (Å²) >= 11 is 1.38. The highest BCUT2D eigenvalue weighted by atomic mass is 32.2. The molecule has 3 N–H and O–H groups in total. The Morgan fingerprint density at radius 2 is 1.90 bits per heavy atom. The number of aryl methyl sites for hydroxylation is 1. The first-order chi connectivity index (χ1) is 14.5. The molecule has 3 aliphatic heterocycles. The van der Waals surface area contributed by atoms with Crippen LogP contribution in [-0.4, -0.2) is 65.1 Å². The number of nitrogens with zero attached hydrogens (tertiary/aromatic N) is 2. The van der Waals surface area contributed by atoms with E-state index in [0.29, 0.717) is 10.7 Å². The number of amides is 1. The Morgan fingerprint density at radius 1 is 1.29 bits per heavy atom. The Balaban J connectivity index is 1.60. The second kappa shape index (κ2) is 7.89. The minimum absolute atomic E-state index is 0.0863. The molecule has 2 fully saturated rings. The fourth-order valence-corrected chi connectivity index (χ4v) is 6.77. The van der Waals surface area contributed by atoms with E-state index < -0.39 is 28.2 Å². The maximum atomic E-state index is 13.1. The molecule has 4 rings (SSSR count). The van der Waals surface area contributed by atoms with Crippen LogP contribution in [0.5, 0.6) is 5.75 Å². The number of rotatable bonds is 6. The van der Waals surface area contributed by atoms with Gasteiger partial charge in [-0.25, -0.2) is 9.93 Å². The molecule has 1 aromatic carbocycles. The average Bonchev–Trinajstić information content (AvgIpc) is 2.87. The van der Waals surface area contributed by atoms with Crippen LogP contribution in [0.4, 0.5) is 0 Å². The van der Waals surface area contributed by atoms with Crippen molar-refractivity contribution in [2.24, 2.45) is 17.0 Å². The number of esters is 1. The van der Waals surface area contributed by atoms with E-state index in [4.69, 9.17) is 9.88 Å². The Hall–Kier alpha value is -1.92. The Bertz CT molecular complexity index is 1050. The molecule has 0 spiro atoms. The molecule has 31 heavy (non-hydrogen) atoms. The van der Waals surface area contributed by atoms with Gasteiger partial charge >= 0.3 is 5.97 Å². The van der Waals surface area contributed by atoms with Crippen molar-refractivity contribution in [2.45, 2.75) is 38.2 Å². The van der Waals surface area contributed by atoms with Gasteiger partial charge in [-0.3, -0.25) is 4.79 Å². The zero-order chi connectivity index (χ0) is 22.7. The SMILES string of the molecule is Cc1ccc(OC(=O)C2=C(SC3CN(S(N)(=O)=O)C3)C(C)C3C(C(C)O)C(=O)N23)cc1. The van der Waals surface area contributed by atoms with Gasteiger partial charge in [-0.15, -0.1) is 11.8 Å². The molecular formula is C20H25N3O6S2. The summed E-state index contributed by atoms with van der Waals surface area (Å²) in [6.07, 6.45) is -0.837. The quantitative estimate of drug-likeness (QED) is 0.356. The number of carbonyl (C=O) groups is 2. The number of thioether (sulfide) groups is 1. The first-order valence-corrected chi connectivity index (χ1v) is 12.4. The summed E-state index contributed by atoms with van der Waals surface area (Å²) in [5, 5.41) is 15.1. The summed E-state index contributed by atoms with van der Waals surface area (Å²) < 4.78 is 29.6. The number of fused-ring (bicyclic) bond motifs is 1. The van der Waals surface area contributed by atoms with Crippen LogP contribution in [-0.2, 0) is 19.8 Å². The molecule has 1 aromatic rings. The van der Waals surface area contributed by atoms with E-state index >= 15 is 0 Å². The van der Waals surface area contributed by atoms with Gasteiger partial charge in [-0.2, -0.15) is 12.7 Å².